The molecule has 0 N–H and O–H groups in total. The van der Waals surface area contributed by atoms with Gasteiger partial charge in [-0.3, -0.25) is 4.40 Å². The number of rotatable bonds is 1. The van der Waals surface area contributed by atoms with Crippen molar-refractivity contribution in [2.24, 2.45) is 0 Å². The third-order valence-corrected chi connectivity index (χ3v) is 1.56. The summed E-state index contributed by atoms with van der Waals surface area (Å²) in [7, 11) is 0. The van der Waals surface area contributed by atoms with Gasteiger partial charge in [0.2, 0.25) is 5.78 Å². The number of hydrogen-bond acceptors (Lipinski definition) is 2. The Bertz CT molecular complexity index is 396. The molecule has 12 heavy (non-hydrogen) atoms. The van der Waals surface area contributed by atoms with E-state index in [9.17, 15) is 8.78 Å². The second-order valence-corrected chi connectivity index (χ2v) is 2.27. The van der Waals surface area contributed by atoms with E-state index in [1.54, 1.807) is 0 Å². The van der Waals surface area contributed by atoms with Crippen molar-refractivity contribution in [2.45, 2.75) is 6.43 Å². The van der Waals surface area contributed by atoms with Gasteiger partial charge >= 0.3 is 0 Å². The standard InChI is InChI=1S/C7H5F2N3/c8-6(9)5-1-2-10-7-11-3-4-12(5)7/h1-4,6H. The zero-order valence-corrected chi connectivity index (χ0v) is 5.98. The van der Waals surface area contributed by atoms with E-state index < -0.39 is 6.43 Å². The number of hydrogen-bond donors (Lipinski definition) is 0. The van der Waals surface area contributed by atoms with Gasteiger partial charge < -0.3 is 0 Å². The molecule has 0 aliphatic rings. The van der Waals surface area contributed by atoms with E-state index in [0.717, 1.165) is 0 Å². The molecule has 5 heteroatoms. The van der Waals surface area contributed by atoms with Gasteiger partial charge in [-0.1, -0.05) is 0 Å². The molecular weight excluding hydrogens is 164 g/mol. The van der Waals surface area contributed by atoms with Crippen molar-refractivity contribution in [1.82, 2.24) is 14.4 Å². The summed E-state index contributed by atoms with van der Waals surface area (Å²) >= 11 is 0. The van der Waals surface area contributed by atoms with E-state index in [0.29, 0.717) is 5.78 Å². The van der Waals surface area contributed by atoms with Crippen LogP contribution in [0.15, 0.2) is 24.7 Å². The van der Waals surface area contributed by atoms with Gasteiger partial charge in [-0.15, -0.1) is 0 Å². The summed E-state index contributed by atoms with van der Waals surface area (Å²) in [6, 6.07) is 1.28. The Kier molecular flexibility index (Phi) is 1.49. The molecule has 0 saturated carbocycles. The third kappa shape index (κ3) is 0.939. The Morgan fingerprint density at radius 2 is 2.00 bits per heavy atom. The number of imidazole rings is 1. The number of aromatic nitrogens is 3. The van der Waals surface area contributed by atoms with Gasteiger partial charge in [0.05, 0.1) is 5.69 Å². The minimum Gasteiger partial charge on any atom is -0.282 e. The highest BCUT2D eigenvalue weighted by Gasteiger charge is 2.10. The second-order valence-electron chi connectivity index (χ2n) is 2.27. The lowest BCUT2D eigenvalue weighted by Crippen LogP contribution is -1.97. The first-order chi connectivity index (χ1) is 5.79. The van der Waals surface area contributed by atoms with Crippen LogP contribution in [0, 0.1) is 0 Å². The molecule has 62 valence electrons. The molecule has 2 rings (SSSR count). The zero-order valence-electron chi connectivity index (χ0n) is 5.98. The van der Waals surface area contributed by atoms with Crippen molar-refractivity contribution in [3.05, 3.63) is 30.4 Å². The summed E-state index contributed by atoms with van der Waals surface area (Å²) in [4.78, 5) is 7.58. The van der Waals surface area contributed by atoms with E-state index in [4.69, 9.17) is 0 Å². The van der Waals surface area contributed by atoms with Crippen LogP contribution in [-0.4, -0.2) is 14.4 Å². The minimum absolute atomic E-state index is 0.0856. The fourth-order valence-electron chi connectivity index (χ4n) is 1.03. The summed E-state index contributed by atoms with van der Waals surface area (Å²) in [6.07, 6.45) is 1.73. The van der Waals surface area contributed by atoms with E-state index in [-0.39, 0.29) is 5.69 Å². The van der Waals surface area contributed by atoms with Gasteiger partial charge in [-0.25, -0.2) is 18.7 Å². The molecule has 0 radical (unpaired) electrons. The van der Waals surface area contributed by atoms with Crippen molar-refractivity contribution >= 4 is 5.78 Å². The Balaban J connectivity index is 2.73. The molecular formula is C7H5F2N3. The Morgan fingerprint density at radius 3 is 2.75 bits per heavy atom. The minimum atomic E-state index is -2.50. The zero-order chi connectivity index (χ0) is 8.55. The van der Waals surface area contributed by atoms with E-state index >= 15 is 0 Å². The van der Waals surface area contributed by atoms with Gasteiger partial charge in [0.15, 0.2) is 0 Å². The maximum Gasteiger partial charge on any atom is 0.278 e. The highest BCUT2D eigenvalue weighted by molar-refractivity contribution is 5.29. The first-order valence-electron chi connectivity index (χ1n) is 3.35. The van der Waals surface area contributed by atoms with Crippen LogP contribution >= 0.6 is 0 Å². The van der Waals surface area contributed by atoms with Crippen LogP contribution in [0.3, 0.4) is 0 Å². The molecule has 3 nitrogen and oxygen atoms in total. The van der Waals surface area contributed by atoms with Crippen molar-refractivity contribution in [2.75, 3.05) is 0 Å². The predicted molar refractivity (Wildman–Crippen MR) is 37.9 cm³/mol. The molecule has 0 fully saturated rings. The van der Waals surface area contributed by atoms with Crippen molar-refractivity contribution < 1.29 is 8.78 Å². The molecule has 0 aromatic carbocycles. The van der Waals surface area contributed by atoms with Gasteiger partial charge in [-0.05, 0) is 6.07 Å². The summed E-state index contributed by atoms with van der Waals surface area (Å²) in [5.74, 6) is 0.299. The van der Waals surface area contributed by atoms with Crippen LogP contribution in [0.4, 0.5) is 8.78 Å². The fraction of sp³-hybridized carbons (Fsp3) is 0.143. The van der Waals surface area contributed by atoms with Crippen molar-refractivity contribution in [3.8, 4) is 0 Å². The Labute approximate surface area is 66.7 Å². The molecule has 0 amide bonds. The van der Waals surface area contributed by atoms with Crippen LogP contribution in [-0.2, 0) is 0 Å². The molecule has 0 atom stereocenters. The lowest BCUT2D eigenvalue weighted by Gasteiger charge is -2.01. The molecule has 2 aromatic rings. The van der Waals surface area contributed by atoms with Crippen LogP contribution < -0.4 is 0 Å². The van der Waals surface area contributed by atoms with Crippen LogP contribution in [0.1, 0.15) is 12.1 Å². The molecule has 0 unspecified atom stereocenters. The van der Waals surface area contributed by atoms with Gasteiger partial charge in [0.1, 0.15) is 0 Å². The van der Waals surface area contributed by atoms with E-state index in [1.807, 2.05) is 0 Å². The molecule has 0 bridgehead atoms. The van der Waals surface area contributed by atoms with Gasteiger partial charge in [0, 0.05) is 18.6 Å². The molecule has 0 saturated heterocycles. The number of halogens is 2. The Morgan fingerprint density at radius 1 is 1.25 bits per heavy atom. The van der Waals surface area contributed by atoms with Gasteiger partial charge in [0.25, 0.3) is 6.43 Å². The summed E-state index contributed by atoms with van der Waals surface area (Å²) in [5, 5.41) is 0. The molecule has 2 aromatic heterocycles. The summed E-state index contributed by atoms with van der Waals surface area (Å²) in [6.45, 7) is 0. The van der Waals surface area contributed by atoms with Crippen molar-refractivity contribution in [1.29, 1.82) is 0 Å². The quantitative estimate of drug-likeness (QED) is 0.649. The SMILES string of the molecule is FC(F)c1ccnc2nccn12. The summed E-state index contributed by atoms with van der Waals surface area (Å²) < 4.78 is 25.9. The monoisotopic (exact) mass is 169 g/mol. The van der Waals surface area contributed by atoms with Crippen LogP contribution in [0.25, 0.3) is 5.78 Å². The molecule has 0 spiro atoms. The lowest BCUT2D eigenvalue weighted by atomic mass is 10.4. The average molecular weight is 169 g/mol. The van der Waals surface area contributed by atoms with Crippen LogP contribution in [0.5, 0.6) is 0 Å². The first-order valence-corrected chi connectivity index (χ1v) is 3.35. The third-order valence-electron chi connectivity index (χ3n) is 1.56. The molecule has 0 aliphatic heterocycles. The second kappa shape index (κ2) is 2.51. The predicted octanol–water partition coefficient (Wildman–Crippen LogP) is 1.67. The highest BCUT2D eigenvalue weighted by Crippen LogP contribution is 2.17. The maximum atomic E-state index is 12.3. The first kappa shape index (κ1) is 7.15. The largest absolute Gasteiger partial charge is 0.282 e. The molecule has 0 aliphatic carbocycles. The summed E-state index contributed by atoms with van der Waals surface area (Å²) in [5.41, 5.74) is -0.0856. The number of nitrogens with zero attached hydrogens (tertiary/aromatic N) is 3. The maximum absolute atomic E-state index is 12.3. The highest BCUT2D eigenvalue weighted by atomic mass is 19.3. The topological polar surface area (TPSA) is 30.2 Å². The normalized spacial score (nSPS) is 11.2. The van der Waals surface area contributed by atoms with Crippen molar-refractivity contribution in [3.63, 3.8) is 0 Å². The Hall–Kier alpha value is -1.52. The lowest BCUT2D eigenvalue weighted by molar-refractivity contribution is 0.144. The smallest absolute Gasteiger partial charge is 0.278 e. The number of alkyl halides is 2. The average Bonchev–Trinajstić information content (AvgIpc) is 2.49. The van der Waals surface area contributed by atoms with Crippen LogP contribution in [0.2, 0.25) is 0 Å². The fourth-order valence-corrected chi connectivity index (χ4v) is 1.03. The molecule has 2 heterocycles. The van der Waals surface area contributed by atoms with E-state index in [1.165, 1.54) is 29.1 Å². The van der Waals surface area contributed by atoms with E-state index in [2.05, 4.69) is 9.97 Å². The number of fused-ring (bicyclic) bond motifs is 1. The van der Waals surface area contributed by atoms with Gasteiger partial charge in [-0.2, -0.15) is 0 Å².